The fourth-order valence-electron chi connectivity index (χ4n) is 0.891. The lowest BCUT2D eigenvalue weighted by Gasteiger charge is -2.12. The Morgan fingerprint density at radius 1 is 1.62 bits per heavy atom. The molecule has 0 aliphatic carbocycles. The van der Waals surface area contributed by atoms with Crippen molar-refractivity contribution in [2.45, 2.75) is 6.42 Å². The summed E-state index contributed by atoms with van der Waals surface area (Å²) in [5.41, 5.74) is 5.33. The summed E-state index contributed by atoms with van der Waals surface area (Å²) in [6.45, 7) is 2.94. The molecule has 0 unspecified atom stereocenters. The normalized spacial score (nSPS) is 17.9. The van der Waals surface area contributed by atoms with Crippen LogP contribution in [0.4, 0.5) is 0 Å². The van der Waals surface area contributed by atoms with Crippen molar-refractivity contribution in [3.63, 3.8) is 0 Å². The third-order valence-corrected chi connectivity index (χ3v) is 1.32. The van der Waals surface area contributed by atoms with E-state index in [0.717, 1.165) is 19.6 Å². The molecular formula is C6H12N2. The molecular weight excluding hydrogens is 100 g/mol. The van der Waals surface area contributed by atoms with Crippen LogP contribution in [0.15, 0.2) is 12.3 Å². The second-order valence-electron chi connectivity index (χ2n) is 2.00. The van der Waals surface area contributed by atoms with Crippen molar-refractivity contribution in [1.82, 2.24) is 4.90 Å². The fraction of sp³-hybridized carbons (Fsp3) is 0.667. The summed E-state index contributed by atoms with van der Waals surface area (Å²) in [6, 6.07) is 0. The summed E-state index contributed by atoms with van der Waals surface area (Å²) in [5.74, 6) is 0. The smallest absolute Gasteiger partial charge is 0.0295 e. The van der Waals surface area contributed by atoms with Crippen LogP contribution in [0.5, 0.6) is 0 Å². The number of hydrogen-bond donors (Lipinski definition) is 1. The van der Waals surface area contributed by atoms with Gasteiger partial charge in [0.1, 0.15) is 0 Å². The third kappa shape index (κ3) is 1.23. The molecule has 2 N–H and O–H groups in total. The molecule has 46 valence electrons. The maximum atomic E-state index is 5.33. The van der Waals surface area contributed by atoms with Crippen LogP contribution in [0, 0.1) is 0 Å². The van der Waals surface area contributed by atoms with Crippen molar-refractivity contribution in [3.05, 3.63) is 12.3 Å². The Morgan fingerprint density at radius 2 is 2.50 bits per heavy atom. The molecule has 0 spiro atoms. The molecule has 1 aliphatic heterocycles. The molecule has 0 aromatic rings. The lowest BCUT2D eigenvalue weighted by atomic mass is 10.5. The molecule has 2 heteroatoms. The molecule has 0 amide bonds. The molecule has 1 aliphatic rings. The van der Waals surface area contributed by atoms with Gasteiger partial charge in [0.2, 0.25) is 0 Å². The van der Waals surface area contributed by atoms with E-state index in [1.165, 1.54) is 6.42 Å². The van der Waals surface area contributed by atoms with Crippen molar-refractivity contribution in [2.75, 3.05) is 19.6 Å². The minimum Gasteiger partial charge on any atom is -0.376 e. The molecule has 0 saturated carbocycles. The molecule has 0 aromatic carbocycles. The van der Waals surface area contributed by atoms with Crippen molar-refractivity contribution < 1.29 is 0 Å². The average Bonchev–Trinajstić information content (AvgIpc) is 2.19. The summed E-state index contributed by atoms with van der Waals surface area (Å²) in [5, 5.41) is 0. The van der Waals surface area contributed by atoms with Gasteiger partial charge in [-0.05, 0) is 12.6 Å². The monoisotopic (exact) mass is 112 g/mol. The zero-order chi connectivity index (χ0) is 5.82. The van der Waals surface area contributed by atoms with Crippen LogP contribution in [0.25, 0.3) is 0 Å². The van der Waals surface area contributed by atoms with E-state index in [-0.39, 0.29) is 0 Å². The Morgan fingerprint density at radius 3 is 3.00 bits per heavy atom. The number of nitrogens with two attached hydrogens (primary N) is 1. The minimum absolute atomic E-state index is 0.768. The highest BCUT2D eigenvalue weighted by atomic mass is 15.1. The van der Waals surface area contributed by atoms with Crippen molar-refractivity contribution in [2.24, 2.45) is 5.73 Å². The van der Waals surface area contributed by atoms with E-state index in [1.807, 2.05) is 0 Å². The predicted molar refractivity (Wildman–Crippen MR) is 34.4 cm³/mol. The average molecular weight is 112 g/mol. The fourth-order valence-corrected chi connectivity index (χ4v) is 0.891. The summed E-state index contributed by atoms with van der Waals surface area (Å²) >= 11 is 0. The van der Waals surface area contributed by atoms with Gasteiger partial charge in [-0.1, -0.05) is 6.08 Å². The molecule has 1 rings (SSSR count). The largest absolute Gasteiger partial charge is 0.376 e. The van der Waals surface area contributed by atoms with Crippen LogP contribution >= 0.6 is 0 Å². The van der Waals surface area contributed by atoms with E-state index >= 15 is 0 Å². The van der Waals surface area contributed by atoms with Gasteiger partial charge in [-0.15, -0.1) is 0 Å². The van der Waals surface area contributed by atoms with E-state index in [1.54, 1.807) is 0 Å². The first-order chi connectivity index (χ1) is 3.93. The van der Waals surface area contributed by atoms with Crippen LogP contribution in [-0.4, -0.2) is 24.5 Å². The first-order valence-corrected chi connectivity index (χ1v) is 3.04. The zero-order valence-electron chi connectivity index (χ0n) is 5.01. The van der Waals surface area contributed by atoms with E-state index in [4.69, 9.17) is 5.73 Å². The standard InChI is InChI=1S/C6H12N2/c7-3-6-8-4-1-2-5-8/h1,4H,2-3,5-7H2. The van der Waals surface area contributed by atoms with Gasteiger partial charge in [-0.25, -0.2) is 0 Å². The molecule has 2 nitrogen and oxygen atoms in total. The van der Waals surface area contributed by atoms with Gasteiger partial charge < -0.3 is 10.6 Å². The Hall–Kier alpha value is -0.500. The summed E-state index contributed by atoms with van der Waals surface area (Å²) < 4.78 is 0. The van der Waals surface area contributed by atoms with E-state index in [2.05, 4.69) is 17.2 Å². The molecule has 0 saturated heterocycles. The SMILES string of the molecule is NCCN1C=CCC1. The Balaban J connectivity index is 2.16. The second kappa shape index (κ2) is 2.72. The van der Waals surface area contributed by atoms with Crippen molar-refractivity contribution in [3.8, 4) is 0 Å². The Labute approximate surface area is 50.0 Å². The van der Waals surface area contributed by atoms with Gasteiger partial charge in [0.05, 0.1) is 0 Å². The van der Waals surface area contributed by atoms with Crippen LogP contribution in [0.1, 0.15) is 6.42 Å². The third-order valence-electron chi connectivity index (χ3n) is 1.32. The highest BCUT2D eigenvalue weighted by molar-refractivity contribution is 4.90. The van der Waals surface area contributed by atoms with E-state index < -0.39 is 0 Å². The summed E-state index contributed by atoms with van der Waals surface area (Å²) in [7, 11) is 0. The lowest BCUT2D eigenvalue weighted by Crippen LogP contribution is -2.22. The van der Waals surface area contributed by atoms with Gasteiger partial charge in [-0.3, -0.25) is 0 Å². The van der Waals surface area contributed by atoms with Gasteiger partial charge in [0.25, 0.3) is 0 Å². The van der Waals surface area contributed by atoms with Gasteiger partial charge >= 0.3 is 0 Å². The van der Waals surface area contributed by atoms with Gasteiger partial charge in [0.15, 0.2) is 0 Å². The summed E-state index contributed by atoms with van der Waals surface area (Å²) in [4.78, 5) is 2.24. The topological polar surface area (TPSA) is 29.3 Å². The minimum atomic E-state index is 0.768. The zero-order valence-corrected chi connectivity index (χ0v) is 5.01. The maximum Gasteiger partial charge on any atom is 0.0295 e. The van der Waals surface area contributed by atoms with Crippen LogP contribution in [0.2, 0.25) is 0 Å². The Bertz CT molecular complexity index is 88.5. The van der Waals surface area contributed by atoms with Crippen LogP contribution in [0.3, 0.4) is 0 Å². The molecule has 0 radical (unpaired) electrons. The van der Waals surface area contributed by atoms with Crippen molar-refractivity contribution in [1.29, 1.82) is 0 Å². The molecule has 1 heterocycles. The quantitative estimate of drug-likeness (QED) is 0.551. The predicted octanol–water partition coefficient (Wildman–Crippen LogP) is 0.164. The van der Waals surface area contributed by atoms with E-state index in [0.29, 0.717) is 0 Å². The first-order valence-electron chi connectivity index (χ1n) is 3.04. The van der Waals surface area contributed by atoms with Gasteiger partial charge in [0, 0.05) is 19.6 Å². The molecule has 0 atom stereocenters. The van der Waals surface area contributed by atoms with E-state index in [9.17, 15) is 0 Å². The molecule has 8 heavy (non-hydrogen) atoms. The van der Waals surface area contributed by atoms with Gasteiger partial charge in [-0.2, -0.15) is 0 Å². The van der Waals surface area contributed by atoms with Crippen molar-refractivity contribution >= 4 is 0 Å². The first kappa shape index (κ1) is 5.63. The Kier molecular flexibility index (Phi) is 1.92. The number of hydrogen-bond acceptors (Lipinski definition) is 2. The summed E-state index contributed by atoms with van der Waals surface area (Å²) in [6.07, 6.45) is 5.49. The maximum absolute atomic E-state index is 5.33. The van der Waals surface area contributed by atoms with Crippen LogP contribution in [-0.2, 0) is 0 Å². The van der Waals surface area contributed by atoms with Crippen LogP contribution < -0.4 is 5.73 Å². The lowest BCUT2D eigenvalue weighted by molar-refractivity contribution is 0.417. The number of nitrogens with zero attached hydrogens (tertiary/aromatic N) is 1. The molecule has 0 aromatic heterocycles. The second-order valence-corrected chi connectivity index (χ2v) is 2.00. The highest BCUT2D eigenvalue weighted by Gasteiger charge is 1.99. The highest BCUT2D eigenvalue weighted by Crippen LogP contribution is 2.00. The number of rotatable bonds is 2. The molecule has 0 fully saturated rings. The molecule has 0 bridgehead atoms.